The minimum Gasteiger partial charge on any atom is -0.479 e. The lowest BCUT2D eigenvalue weighted by atomic mass is 10.1. The van der Waals surface area contributed by atoms with E-state index in [-0.39, 0.29) is 12.3 Å². The van der Waals surface area contributed by atoms with E-state index in [9.17, 15) is 9.59 Å². The fraction of sp³-hybridized carbons (Fsp3) is 0.385. The third kappa shape index (κ3) is 4.55. The second-order valence-corrected chi connectivity index (χ2v) is 4.30. The molecule has 1 amide bonds. The van der Waals surface area contributed by atoms with Crippen LogP contribution in [0.3, 0.4) is 0 Å². The predicted octanol–water partition coefficient (Wildman–Crippen LogP) is 0.880. The molecule has 0 aromatic heterocycles. The molecule has 1 atom stereocenters. The maximum atomic E-state index is 11.6. The summed E-state index contributed by atoms with van der Waals surface area (Å²) in [6.45, 7) is 0.590. The number of carbonyl (C=O) groups excluding carboxylic acids is 1. The molecule has 0 radical (unpaired) electrons. The Morgan fingerprint density at radius 2 is 1.89 bits per heavy atom. The second-order valence-electron chi connectivity index (χ2n) is 4.30. The van der Waals surface area contributed by atoms with E-state index >= 15 is 0 Å². The average Bonchev–Trinajstić information content (AvgIpc) is 2.34. The lowest BCUT2D eigenvalue weighted by Crippen LogP contribution is -2.35. The summed E-state index contributed by atoms with van der Waals surface area (Å²) in [6, 6.07) is 7.68. The van der Waals surface area contributed by atoms with Gasteiger partial charge in [-0.3, -0.25) is 4.79 Å². The zero-order chi connectivity index (χ0) is 13.5. The van der Waals surface area contributed by atoms with E-state index in [1.807, 2.05) is 19.0 Å². The highest BCUT2D eigenvalue weighted by atomic mass is 16.4. The minimum absolute atomic E-state index is 0.264. The van der Waals surface area contributed by atoms with Gasteiger partial charge in [-0.15, -0.1) is 0 Å². The van der Waals surface area contributed by atoms with Crippen molar-refractivity contribution in [2.24, 2.45) is 0 Å². The molecule has 0 aliphatic carbocycles. The number of amides is 1. The number of benzene rings is 1. The Labute approximate surface area is 106 Å². The zero-order valence-electron chi connectivity index (χ0n) is 10.6. The van der Waals surface area contributed by atoms with E-state index in [0.29, 0.717) is 12.1 Å². The fourth-order valence-electron chi connectivity index (χ4n) is 1.49. The van der Waals surface area contributed by atoms with E-state index in [1.54, 1.807) is 30.3 Å². The van der Waals surface area contributed by atoms with Gasteiger partial charge in [0, 0.05) is 13.0 Å². The Morgan fingerprint density at radius 3 is 2.39 bits per heavy atom. The third-order valence-corrected chi connectivity index (χ3v) is 2.47. The number of hydrogen-bond acceptors (Lipinski definition) is 3. The highest BCUT2D eigenvalue weighted by Gasteiger charge is 2.21. The number of aliphatic carboxylic acids is 1. The molecule has 0 spiro atoms. The lowest BCUT2D eigenvalue weighted by Gasteiger charge is -2.16. The summed E-state index contributed by atoms with van der Waals surface area (Å²) in [5, 5.41) is 11.7. The van der Waals surface area contributed by atoms with Crippen molar-refractivity contribution in [2.45, 2.75) is 12.5 Å². The Balaban J connectivity index is 2.65. The molecule has 18 heavy (non-hydrogen) atoms. The molecule has 0 bridgehead atoms. The van der Waals surface area contributed by atoms with Gasteiger partial charge >= 0.3 is 5.97 Å². The van der Waals surface area contributed by atoms with Crippen LogP contribution in [-0.4, -0.2) is 42.5 Å². The number of rotatable bonds is 6. The number of carboxylic acid groups (broad SMARTS) is 1. The number of carbonyl (C=O) groups is 2. The van der Waals surface area contributed by atoms with Gasteiger partial charge < -0.3 is 15.3 Å². The SMILES string of the molecule is CN(C)CCC(=O)NC(C(=O)O)c1ccccc1. The third-order valence-electron chi connectivity index (χ3n) is 2.47. The Hall–Kier alpha value is -1.88. The normalized spacial score (nSPS) is 12.2. The molecule has 98 valence electrons. The Morgan fingerprint density at radius 1 is 1.28 bits per heavy atom. The number of nitrogens with one attached hydrogen (secondary N) is 1. The molecule has 0 saturated carbocycles. The average molecular weight is 250 g/mol. The van der Waals surface area contributed by atoms with Crippen LogP contribution < -0.4 is 5.32 Å². The highest BCUT2D eigenvalue weighted by molar-refractivity contribution is 5.84. The number of carboxylic acids is 1. The van der Waals surface area contributed by atoms with Crippen molar-refractivity contribution in [1.29, 1.82) is 0 Å². The van der Waals surface area contributed by atoms with E-state index in [4.69, 9.17) is 5.11 Å². The summed E-state index contributed by atoms with van der Waals surface area (Å²) in [7, 11) is 3.72. The van der Waals surface area contributed by atoms with Gasteiger partial charge in [-0.2, -0.15) is 0 Å². The molecular weight excluding hydrogens is 232 g/mol. The fourth-order valence-corrected chi connectivity index (χ4v) is 1.49. The molecule has 0 fully saturated rings. The predicted molar refractivity (Wildman–Crippen MR) is 68.1 cm³/mol. The van der Waals surface area contributed by atoms with Crippen molar-refractivity contribution in [3.63, 3.8) is 0 Å². The molecule has 0 heterocycles. The van der Waals surface area contributed by atoms with E-state index in [1.165, 1.54) is 0 Å². The molecule has 0 saturated heterocycles. The zero-order valence-corrected chi connectivity index (χ0v) is 10.6. The molecule has 1 unspecified atom stereocenters. The van der Waals surface area contributed by atoms with Gasteiger partial charge in [0.15, 0.2) is 6.04 Å². The molecule has 1 rings (SSSR count). The molecule has 2 N–H and O–H groups in total. The van der Waals surface area contributed by atoms with Crippen molar-refractivity contribution >= 4 is 11.9 Å². The first-order chi connectivity index (χ1) is 8.50. The molecule has 5 heteroatoms. The van der Waals surface area contributed by atoms with E-state index in [2.05, 4.69) is 5.32 Å². The molecule has 0 aliphatic heterocycles. The van der Waals surface area contributed by atoms with Crippen LogP contribution in [0.25, 0.3) is 0 Å². The molecule has 1 aromatic carbocycles. The van der Waals surface area contributed by atoms with Crippen molar-refractivity contribution < 1.29 is 14.7 Å². The van der Waals surface area contributed by atoms with Crippen LogP contribution in [0.15, 0.2) is 30.3 Å². The summed E-state index contributed by atoms with van der Waals surface area (Å²) >= 11 is 0. The highest BCUT2D eigenvalue weighted by Crippen LogP contribution is 2.12. The standard InChI is InChI=1S/C13H18N2O3/c1-15(2)9-8-11(16)14-12(13(17)18)10-6-4-3-5-7-10/h3-7,12H,8-9H2,1-2H3,(H,14,16)(H,17,18). The first kappa shape index (κ1) is 14.2. The van der Waals surface area contributed by atoms with Gasteiger partial charge in [0.05, 0.1) is 0 Å². The topological polar surface area (TPSA) is 69.6 Å². The van der Waals surface area contributed by atoms with Gasteiger partial charge in [-0.25, -0.2) is 4.79 Å². The van der Waals surface area contributed by atoms with Gasteiger partial charge in [0.25, 0.3) is 0 Å². The van der Waals surface area contributed by atoms with Crippen molar-refractivity contribution in [3.05, 3.63) is 35.9 Å². The largest absolute Gasteiger partial charge is 0.479 e. The van der Waals surface area contributed by atoms with Crippen LogP contribution >= 0.6 is 0 Å². The van der Waals surface area contributed by atoms with Crippen LogP contribution in [0.2, 0.25) is 0 Å². The second kappa shape index (κ2) is 6.76. The molecule has 1 aromatic rings. The van der Waals surface area contributed by atoms with E-state index < -0.39 is 12.0 Å². The van der Waals surface area contributed by atoms with E-state index in [0.717, 1.165) is 0 Å². The van der Waals surface area contributed by atoms with Gasteiger partial charge in [0.1, 0.15) is 0 Å². The number of hydrogen-bond donors (Lipinski definition) is 2. The Kier molecular flexibility index (Phi) is 5.32. The summed E-state index contributed by atoms with van der Waals surface area (Å²) in [5.74, 6) is -1.32. The smallest absolute Gasteiger partial charge is 0.330 e. The molecule has 5 nitrogen and oxygen atoms in total. The van der Waals surface area contributed by atoms with Crippen LogP contribution in [0.4, 0.5) is 0 Å². The van der Waals surface area contributed by atoms with Crippen LogP contribution in [0.1, 0.15) is 18.0 Å². The summed E-state index contributed by atoms with van der Waals surface area (Å²) < 4.78 is 0. The van der Waals surface area contributed by atoms with Gasteiger partial charge in [0.2, 0.25) is 5.91 Å². The van der Waals surface area contributed by atoms with Crippen LogP contribution in [0, 0.1) is 0 Å². The van der Waals surface area contributed by atoms with Gasteiger partial charge in [-0.1, -0.05) is 30.3 Å². The van der Waals surface area contributed by atoms with Gasteiger partial charge in [-0.05, 0) is 19.7 Å². The van der Waals surface area contributed by atoms with Crippen LogP contribution in [0.5, 0.6) is 0 Å². The number of nitrogens with zero attached hydrogens (tertiary/aromatic N) is 1. The molecule has 0 aliphatic rings. The first-order valence-corrected chi connectivity index (χ1v) is 5.72. The monoisotopic (exact) mass is 250 g/mol. The van der Waals surface area contributed by atoms with Crippen LogP contribution in [-0.2, 0) is 9.59 Å². The maximum Gasteiger partial charge on any atom is 0.330 e. The van der Waals surface area contributed by atoms with Crippen molar-refractivity contribution in [1.82, 2.24) is 10.2 Å². The van der Waals surface area contributed by atoms with Crippen molar-refractivity contribution in [3.8, 4) is 0 Å². The summed E-state index contributed by atoms with van der Waals surface area (Å²) in [6.07, 6.45) is 0.281. The minimum atomic E-state index is -1.06. The quantitative estimate of drug-likeness (QED) is 0.786. The Bertz CT molecular complexity index is 404. The maximum absolute atomic E-state index is 11.6. The molecular formula is C13H18N2O3. The summed E-state index contributed by atoms with van der Waals surface area (Å²) in [4.78, 5) is 24.7. The summed E-state index contributed by atoms with van der Waals surface area (Å²) in [5.41, 5.74) is 0.572. The first-order valence-electron chi connectivity index (χ1n) is 5.72. The lowest BCUT2D eigenvalue weighted by molar-refractivity contribution is -0.142. The van der Waals surface area contributed by atoms with Crippen molar-refractivity contribution in [2.75, 3.05) is 20.6 Å².